The molecule has 1 heterocycles. The molecule has 0 saturated carbocycles. The van der Waals surface area contributed by atoms with Gasteiger partial charge < -0.3 is 19.3 Å². The highest BCUT2D eigenvalue weighted by atomic mass is 35.5. The van der Waals surface area contributed by atoms with Crippen molar-refractivity contribution in [3.8, 4) is 11.5 Å². The molecule has 1 saturated heterocycles. The minimum Gasteiger partial charge on any atom is -0.497 e. The molecule has 160 valence electrons. The summed E-state index contributed by atoms with van der Waals surface area (Å²) < 4.78 is 17.4. The fourth-order valence-electron chi connectivity index (χ4n) is 4.06. The molecule has 2 aromatic rings. The molecule has 1 fully saturated rings. The van der Waals surface area contributed by atoms with E-state index in [0.29, 0.717) is 11.5 Å². The van der Waals surface area contributed by atoms with Gasteiger partial charge >= 0.3 is 5.97 Å². The number of rotatable bonds is 7. The molecule has 0 aliphatic carbocycles. The number of carbonyl (C=O) groups is 1. The molecule has 0 spiro atoms. The molecular weight excluding hydrogens is 404 g/mol. The third kappa shape index (κ3) is 4.79. The lowest BCUT2D eigenvalue weighted by Gasteiger charge is -2.42. The molecule has 1 aliphatic heterocycles. The van der Waals surface area contributed by atoms with Crippen molar-refractivity contribution >= 4 is 17.6 Å². The predicted octanol–water partition coefficient (Wildman–Crippen LogP) is 5.64. The zero-order valence-corrected chi connectivity index (χ0v) is 18.2. The van der Waals surface area contributed by atoms with Crippen LogP contribution in [0.25, 0.3) is 0 Å². The van der Waals surface area contributed by atoms with E-state index in [1.807, 2.05) is 50.2 Å². The van der Waals surface area contributed by atoms with Crippen molar-refractivity contribution in [1.29, 1.82) is 0 Å². The SMILES string of the molecule is C=C(C)[C@H]1C[C@H](c2ccccc2Cl)[C@H](C)O[C@@H]1c1ccc(OC)cc1OCC(=O)O. The van der Waals surface area contributed by atoms with E-state index >= 15 is 0 Å². The molecule has 3 rings (SSSR count). The Morgan fingerprint density at radius 1 is 1.27 bits per heavy atom. The van der Waals surface area contributed by atoms with Crippen LogP contribution in [0.15, 0.2) is 54.6 Å². The van der Waals surface area contributed by atoms with Gasteiger partial charge in [-0.15, -0.1) is 0 Å². The van der Waals surface area contributed by atoms with Crippen LogP contribution in [0.3, 0.4) is 0 Å². The standard InChI is InChI=1S/C24H27ClO5/c1-14(2)19-12-20(17-7-5-6-8-21(17)25)15(3)30-24(19)18-10-9-16(28-4)11-22(18)29-13-23(26)27/h5-11,15,19-20,24H,1,12-13H2,2-4H3,(H,26,27)/t15-,19+,20-,24+/m0/s1. The number of hydrogen-bond acceptors (Lipinski definition) is 4. The Kier molecular flexibility index (Phi) is 7.06. The van der Waals surface area contributed by atoms with E-state index in [2.05, 4.69) is 6.58 Å². The van der Waals surface area contributed by atoms with Crippen LogP contribution in [0, 0.1) is 5.92 Å². The van der Waals surface area contributed by atoms with Crippen LogP contribution in [-0.4, -0.2) is 30.9 Å². The van der Waals surface area contributed by atoms with Gasteiger partial charge in [-0.2, -0.15) is 0 Å². The van der Waals surface area contributed by atoms with Crippen LogP contribution in [-0.2, 0) is 9.53 Å². The monoisotopic (exact) mass is 430 g/mol. The summed E-state index contributed by atoms with van der Waals surface area (Å²) in [5.41, 5.74) is 2.84. The molecule has 0 unspecified atom stereocenters. The second-order valence-corrected chi connectivity index (χ2v) is 8.07. The Morgan fingerprint density at radius 2 is 2.00 bits per heavy atom. The highest BCUT2D eigenvalue weighted by Crippen LogP contribution is 2.49. The van der Waals surface area contributed by atoms with Crippen molar-refractivity contribution in [1.82, 2.24) is 0 Å². The van der Waals surface area contributed by atoms with Gasteiger partial charge in [-0.3, -0.25) is 0 Å². The van der Waals surface area contributed by atoms with Crippen molar-refractivity contribution in [2.24, 2.45) is 5.92 Å². The van der Waals surface area contributed by atoms with E-state index < -0.39 is 12.6 Å². The highest BCUT2D eigenvalue weighted by molar-refractivity contribution is 6.31. The van der Waals surface area contributed by atoms with Crippen LogP contribution in [0.4, 0.5) is 0 Å². The summed E-state index contributed by atoms with van der Waals surface area (Å²) in [5.74, 6) is 0.124. The molecule has 1 N–H and O–H groups in total. The lowest BCUT2D eigenvalue weighted by Crippen LogP contribution is -2.34. The van der Waals surface area contributed by atoms with Crippen LogP contribution in [0.5, 0.6) is 11.5 Å². The Hall–Kier alpha value is -2.50. The first-order chi connectivity index (χ1) is 14.3. The Morgan fingerprint density at radius 3 is 2.63 bits per heavy atom. The van der Waals surface area contributed by atoms with E-state index in [9.17, 15) is 4.79 Å². The Bertz CT molecular complexity index is 926. The Balaban J connectivity index is 1.97. The van der Waals surface area contributed by atoms with Gasteiger partial charge in [0.1, 0.15) is 11.5 Å². The van der Waals surface area contributed by atoms with Crippen LogP contribution >= 0.6 is 11.6 Å². The maximum atomic E-state index is 11.1. The quantitative estimate of drug-likeness (QED) is 0.576. The molecular formula is C24H27ClO5. The maximum Gasteiger partial charge on any atom is 0.341 e. The van der Waals surface area contributed by atoms with Gasteiger partial charge in [0.05, 0.1) is 19.3 Å². The van der Waals surface area contributed by atoms with Crippen molar-refractivity contribution in [2.45, 2.75) is 38.4 Å². The molecule has 2 aromatic carbocycles. The zero-order valence-electron chi connectivity index (χ0n) is 17.4. The van der Waals surface area contributed by atoms with Crippen molar-refractivity contribution in [3.05, 3.63) is 70.8 Å². The predicted molar refractivity (Wildman–Crippen MR) is 117 cm³/mol. The van der Waals surface area contributed by atoms with Gasteiger partial charge in [-0.05, 0) is 44.0 Å². The lowest BCUT2D eigenvalue weighted by molar-refractivity contribution is -0.139. The second kappa shape index (κ2) is 9.54. The summed E-state index contributed by atoms with van der Waals surface area (Å²) in [7, 11) is 1.56. The van der Waals surface area contributed by atoms with Gasteiger partial charge in [-0.25, -0.2) is 4.79 Å². The number of hydrogen-bond donors (Lipinski definition) is 1. The number of benzene rings is 2. The maximum absolute atomic E-state index is 11.1. The van der Waals surface area contributed by atoms with E-state index in [0.717, 1.165) is 28.1 Å². The first kappa shape index (κ1) is 22.2. The molecule has 6 heteroatoms. The molecule has 0 amide bonds. The van der Waals surface area contributed by atoms with Gasteiger partial charge in [0.2, 0.25) is 0 Å². The van der Waals surface area contributed by atoms with Gasteiger partial charge in [0.25, 0.3) is 0 Å². The van der Waals surface area contributed by atoms with E-state index in [1.165, 1.54) is 0 Å². The number of ether oxygens (including phenoxy) is 3. The smallest absolute Gasteiger partial charge is 0.341 e. The summed E-state index contributed by atoms with van der Waals surface area (Å²) in [6.45, 7) is 7.78. The topological polar surface area (TPSA) is 65.0 Å². The van der Waals surface area contributed by atoms with Gasteiger partial charge in [0.15, 0.2) is 6.61 Å². The average molecular weight is 431 g/mol. The van der Waals surface area contributed by atoms with E-state index in [-0.39, 0.29) is 24.0 Å². The van der Waals surface area contributed by atoms with Crippen molar-refractivity contribution < 1.29 is 24.1 Å². The summed E-state index contributed by atoms with van der Waals surface area (Å²) in [4.78, 5) is 11.1. The fraction of sp³-hybridized carbons (Fsp3) is 0.375. The normalized spacial score (nSPS) is 23.6. The Labute approximate surface area is 182 Å². The fourth-order valence-corrected chi connectivity index (χ4v) is 4.33. The summed E-state index contributed by atoms with van der Waals surface area (Å²) in [6, 6.07) is 13.2. The van der Waals surface area contributed by atoms with Crippen molar-refractivity contribution in [2.75, 3.05) is 13.7 Å². The third-order valence-corrected chi connectivity index (χ3v) is 5.96. The van der Waals surface area contributed by atoms with Crippen LogP contribution in [0.1, 0.15) is 43.4 Å². The minimum absolute atomic E-state index is 0.0167. The molecule has 4 atom stereocenters. The highest BCUT2D eigenvalue weighted by Gasteiger charge is 2.39. The van der Waals surface area contributed by atoms with Crippen molar-refractivity contribution in [3.63, 3.8) is 0 Å². The first-order valence-corrected chi connectivity index (χ1v) is 10.3. The zero-order chi connectivity index (χ0) is 21.8. The molecule has 30 heavy (non-hydrogen) atoms. The summed E-state index contributed by atoms with van der Waals surface area (Å²) >= 11 is 6.47. The van der Waals surface area contributed by atoms with Gasteiger partial charge in [0, 0.05) is 28.5 Å². The largest absolute Gasteiger partial charge is 0.497 e. The minimum atomic E-state index is -1.04. The molecule has 0 radical (unpaired) electrons. The lowest BCUT2D eigenvalue weighted by atomic mass is 9.76. The number of carboxylic acid groups (broad SMARTS) is 1. The summed E-state index contributed by atoms with van der Waals surface area (Å²) in [6.07, 6.45) is 0.404. The van der Waals surface area contributed by atoms with Crippen LogP contribution in [0.2, 0.25) is 5.02 Å². The average Bonchev–Trinajstić information content (AvgIpc) is 2.72. The first-order valence-electron chi connectivity index (χ1n) is 9.89. The number of methoxy groups -OCH3 is 1. The molecule has 0 aromatic heterocycles. The second-order valence-electron chi connectivity index (χ2n) is 7.66. The molecule has 5 nitrogen and oxygen atoms in total. The number of aliphatic carboxylic acids is 1. The van der Waals surface area contributed by atoms with Gasteiger partial charge in [-0.1, -0.05) is 42.0 Å². The van der Waals surface area contributed by atoms with E-state index in [4.69, 9.17) is 30.9 Å². The van der Waals surface area contributed by atoms with Crippen LogP contribution < -0.4 is 9.47 Å². The number of carboxylic acids is 1. The van der Waals surface area contributed by atoms with E-state index in [1.54, 1.807) is 13.2 Å². The third-order valence-electron chi connectivity index (χ3n) is 5.62. The molecule has 0 bridgehead atoms. The summed E-state index contributed by atoms with van der Waals surface area (Å²) in [5, 5.41) is 9.79. The molecule has 1 aliphatic rings. The number of halogens is 1.